The van der Waals surface area contributed by atoms with Crippen molar-refractivity contribution >= 4 is 0 Å². The number of methoxy groups -OCH3 is 1. The molecule has 1 heterocycles. The van der Waals surface area contributed by atoms with Crippen LogP contribution in [0.1, 0.15) is 36.2 Å². The number of nitrogens with one attached hydrogen (secondary N) is 1. The highest BCUT2D eigenvalue weighted by atomic mass is 16.5. The zero-order valence-corrected chi connectivity index (χ0v) is 13.1. The second-order valence-corrected chi connectivity index (χ2v) is 5.23. The van der Waals surface area contributed by atoms with Crippen molar-refractivity contribution in [3.63, 3.8) is 0 Å². The Morgan fingerprint density at radius 2 is 1.90 bits per heavy atom. The van der Waals surface area contributed by atoms with Gasteiger partial charge in [0.1, 0.15) is 5.75 Å². The van der Waals surface area contributed by atoms with Crippen LogP contribution in [0.25, 0.3) is 0 Å². The minimum absolute atomic E-state index is 0.352. The summed E-state index contributed by atoms with van der Waals surface area (Å²) in [5.41, 5.74) is 3.65. The van der Waals surface area contributed by atoms with Crippen LogP contribution in [-0.2, 0) is 6.42 Å². The van der Waals surface area contributed by atoms with Crippen molar-refractivity contribution in [2.24, 2.45) is 0 Å². The van der Waals surface area contributed by atoms with E-state index < -0.39 is 0 Å². The van der Waals surface area contributed by atoms with E-state index in [2.05, 4.69) is 41.5 Å². The first-order chi connectivity index (χ1) is 10.2. The summed E-state index contributed by atoms with van der Waals surface area (Å²) in [6.07, 6.45) is 4.08. The van der Waals surface area contributed by atoms with Gasteiger partial charge in [0, 0.05) is 17.9 Å². The summed E-state index contributed by atoms with van der Waals surface area (Å²) in [5.74, 6) is 0.907. The van der Waals surface area contributed by atoms with Crippen LogP contribution >= 0.6 is 0 Å². The van der Waals surface area contributed by atoms with E-state index in [1.165, 1.54) is 11.1 Å². The molecule has 0 saturated carbocycles. The molecule has 0 aliphatic rings. The number of aromatic nitrogens is 1. The second kappa shape index (κ2) is 7.79. The largest absolute Gasteiger partial charge is 0.497 e. The third-order valence-electron chi connectivity index (χ3n) is 3.67. The fraction of sp³-hybridized carbons (Fsp3) is 0.389. The smallest absolute Gasteiger partial charge is 0.118 e. The van der Waals surface area contributed by atoms with Crippen molar-refractivity contribution in [3.8, 4) is 5.75 Å². The van der Waals surface area contributed by atoms with Crippen LogP contribution in [0.4, 0.5) is 0 Å². The van der Waals surface area contributed by atoms with Gasteiger partial charge >= 0.3 is 0 Å². The molecule has 0 spiro atoms. The summed E-state index contributed by atoms with van der Waals surface area (Å²) in [5, 5.41) is 3.55. The van der Waals surface area contributed by atoms with E-state index in [4.69, 9.17) is 4.74 Å². The molecule has 2 aromatic rings. The van der Waals surface area contributed by atoms with Gasteiger partial charge in [-0.1, -0.05) is 25.1 Å². The maximum Gasteiger partial charge on any atom is 0.118 e. The fourth-order valence-electron chi connectivity index (χ4n) is 2.42. The van der Waals surface area contributed by atoms with Crippen LogP contribution < -0.4 is 10.1 Å². The summed E-state index contributed by atoms with van der Waals surface area (Å²) >= 11 is 0. The van der Waals surface area contributed by atoms with Crippen molar-refractivity contribution in [1.82, 2.24) is 10.3 Å². The van der Waals surface area contributed by atoms with Gasteiger partial charge in [-0.2, -0.15) is 0 Å². The van der Waals surface area contributed by atoms with E-state index in [9.17, 15) is 0 Å². The average molecular weight is 284 g/mol. The molecule has 1 atom stereocenters. The Morgan fingerprint density at radius 1 is 1.14 bits per heavy atom. The summed E-state index contributed by atoms with van der Waals surface area (Å²) < 4.78 is 5.19. The molecule has 0 aliphatic heterocycles. The average Bonchev–Trinajstić information content (AvgIpc) is 2.53. The zero-order valence-electron chi connectivity index (χ0n) is 13.1. The highest BCUT2D eigenvalue weighted by Crippen LogP contribution is 2.20. The van der Waals surface area contributed by atoms with E-state index in [0.29, 0.717) is 6.04 Å². The van der Waals surface area contributed by atoms with E-state index in [-0.39, 0.29) is 0 Å². The monoisotopic (exact) mass is 284 g/mol. The number of rotatable bonds is 7. The standard InChI is InChI=1S/C18H24N2O/c1-4-19-18(16-9-5-14(2)20-13-16)12-8-15-6-10-17(21-3)11-7-15/h5-7,9-11,13,18-19H,4,8,12H2,1-3H3. The number of aryl methyl sites for hydroxylation is 2. The molecule has 3 heteroatoms. The van der Waals surface area contributed by atoms with Gasteiger partial charge in [0.05, 0.1) is 7.11 Å². The minimum atomic E-state index is 0.352. The second-order valence-electron chi connectivity index (χ2n) is 5.23. The lowest BCUT2D eigenvalue weighted by atomic mass is 10.00. The molecule has 0 bridgehead atoms. The van der Waals surface area contributed by atoms with Gasteiger partial charge in [0.25, 0.3) is 0 Å². The van der Waals surface area contributed by atoms with Gasteiger partial charge in [0.15, 0.2) is 0 Å². The quantitative estimate of drug-likeness (QED) is 0.842. The van der Waals surface area contributed by atoms with Crippen LogP contribution in [0.3, 0.4) is 0 Å². The molecule has 3 nitrogen and oxygen atoms in total. The van der Waals surface area contributed by atoms with Crippen LogP contribution in [-0.4, -0.2) is 18.6 Å². The van der Waals surface area contributed by atoms with Gasteiger partial charge < -0.3 is 10.1 Å². The van der Waals surface area contributed by atoms with E-state index >= 15 is 0 Å². The molecular weight excluding hydrogens is 260 g/mol. The SMILES string of the molecule is CCNC(CCc1ccc(OC)cc1)c1ccc(C)nc1. The molecule has 1 unspecified atom stereocenters. The maximum atomic E-state index is 5.19. The lowest BCUT2D eigenvalue weighted by molar-refractivity contribution is 0.414. The van der Waals surface area contributed by atoms with Crippen molar-refractivity contribution in [3.05, 3.63) is 59.4 Å². The van der Waals surface area contributed by atoms with Gasteiger partial charge in [-0.3, -0.25) is 4.98 Å². The van der Waals surface area contributed by atoms with Gasteiger partial charge in [-0.05, 0) is 55.6 Å². The molecule has 0 fully saturated rings. The Morgan fingerprint density at radius 3 is 2.48 bits per heavy atom. The third-order valence-corrected chi connectivity index (χ3v) is 3.67. The number of pyridine rings is 1. The maximum absolute atomic E-state index is 5.19. The van der Waals surface area contributed by atoms with Gasteiger partial charge in [0.2, 0.25) is 0 Å². The van der Waals surface area contributed by atoms with Crippen LogP contribution in [0.2, 0.25) is 0 Å². The number of hydrogen-bond donors (Lipinski definition) is 1. The third kappa shape index (κ3) is 4.57. The molecule has 112 valence electrons. The minimum Gasteiger partial charge on any atom is -0.497 e. The van der Waals surface area contributed by atoms with Crippen molar-refractivity contribution in [1.29, 1.82) is 0 Å². The lowest BCUT2D eigenvalue weighted by Gasteiger charge is -2.18. The molecule has 1 aromatic heterocycles. The molecule has 0 amide bonds. The van der Waals surface area contributed by atoms with E-state index in [0.717, 1.165) is 30.8 Å². The lowest BCUT2D eigenvalue weighted by Crippen LogP contribution is -2.21. The molecule has 21 heavy (non-hydrogen) atoms. The first-order valence-corrected chi connectivity index (χ1v) is 7.51. The van der Waals surface area contributed by atoms with Gasteiger partial charge in [-0.25, -0.2) is 0 Å². The van der Waals surface area contributed by atoms with Gasteiger partial charge in [-0.15, -0.1) is 0 Å². The van der Waals surface area contributed by atoms with E-state index in [1.807, 2.05) is 25.3 Å². The predicted octanol–water partition coefficient (Wildman–Crippen LogP) is 3.68. The first-order valence-electron chi connectivity index (χ1n) is 7.51. The van der Waals surface area contributed by atoms with Crippen LogP contribution in [0, 0.1) is 6.92 Å². The van der Waals surface area contributed by atoms with Crippen molar-refractivity contribution in [2.75, 3.05) is 13.7 Å². The topological polar surface area (TPSA) is 34.1 Å². The molecule has 0 aliphatic carbocycles. The zero-order chi connectivity index (χ0) is 15.1. The molecule has 1 aromatic carbocycles. The summed E-state index contributed by atoms with van der Waals surface area (Å²) in [6, 6.07) is 12.9. The van der Waals surface area contributed by atoms with E-state index in [1.54, 1.807) is 7.11 Å². The highest BCUT2D eigenvalue weighted by Gasteiger charge is 2.10. The molecule has 1 N–H and O–H groups in total. The van der Waals surface area contributed by atoms with Crippen molar-refractivity contribution in [2.45, 2.75) is 32.7 Å². The summed E-state index contributed by atoms with van der Waals surface area (Å²) in [7, 11) is 1.70. The fourth-order valence-corrected chi connectivity index (χ4v) is 2.42. The Bertz CT molecular complexity index is 534. The molecule has 0 saturated heterocycles. The highest BCUT2D eigenvalue weighted by molar-refractivity contribution is 5.27. The molecule has 0 radical (unpaired) electrons. The number of ether oxygens (including phenoxy) is 1. The summed E-state index contributed by atoms with van der Waals surface area (Å²) in [4.78, 5) is 4.40. The number of hydrogen-bond acceptors (Lipinski definition) is 3. The van der Waals surface area contributed by atoms with Crippen LogP contribution in [0.15, 0.2) is 42.6 Å². The predicted molar refractivity (Wildman–Crippen MR) is 86.7 cm³/mol. The normalized spacial score (nSPS) is 12.1. The number of nitrogens with zero attached hydrogens (tertiary/aromatic N) is 1. The number of benzene rings is 1. The summed E-state index contributed by atoms with van der Waals surface area (Å²) in [6.45, 7) is 5.12. The first kappa shape index (κ1) is 15.5. The van der Waals surface area contributed by atoms with Crippen LogP contribution in [0.5, 0.6) is 5.75 Å². The molecular formula is C18H24N2O. The Balaban J connectivity index is 2.00. The Hall–Kier alpha value is -1.87. The van der Waals surface area contributed by atoms with Crippen molar-refractivity contribution < 1.29 is 4.74 Å². The Kier molecular flexibility index (Phi) is 5.76. The molecule has 2 rings (SSSR count). The Labute approximate surface area is 127 Å².